The summed E-state index contributed by atoms with van der Waals surface area (Å²) in [6.07, 6.45) is 0. The Hall–Kier alpha value is -0.950. The number of rotatable bonds is 4. The fourth-order valence-electron chi connectivity index (χ4n) is 1.59. The Morgan fingerprint density at radius 2 is 2.26 bits per heavy atom. The lowest BCUT2D eigenvalue weighted by molar-refractivity contribution is 0.135. The first-order chi connectivity index (χ1) is 8.94. The predicted octanol–water partition coefficient (Wildman–Crippen LogP) is 2.97. The molecule has 0 bridgehead atoms. The summed E-state index contributed by atoms with van der Waals surface area (Å²) in [5, 5.41) is 4.52. The summed E-state index contributed by atoms with van der Waals surface area (Å²) in [5.41, 5.74) is 6.02. The summed E-state index contributed by atoms with van der Waals surface area (Å²) in [5.74, 6) is 0.775. The van der Waals surface area contributed by atoms with Crippen molar-refractivity contribution in [3.05, 3.63) is 33.5 Å². The first-order valence-corrected chi connectivity index (χ1v) is 6.68. The first kappa shape index (κ1) is 14.5. The highest BCUT2D eigenvalue weighted by atomic mass is 79.9. The van der Waals surface area contributed by atoms with Gasteiger partial charge in [-0.15, -0.1) is 0 Å². The summed E-state index contributed by atoms with van der Waals surface area (Å²) in [4.78, 5) is 4.31. The van der Waals surface area contributed by atoms with Gasteiger partial charge in [-0.25, -0.2) is 0 Å². The maximum atomic E-state index is 6.06. The van der Waals surface area contributed by atoms with Gasteiger partial charge in [0.1, 0.15) is 5.54 Å². The van der Waals surface area contributed by atoms with Gasteiger partial charge in [0, 0.05) is 16.6 Å². The van der Waals surface area contributed by atoms with Crippen LogP contribution >= 0.6 is 27.5 Å². The molecule has 0 aliphatic carbocycles. The third-order valence-corrected chi connectivity index (χ3v) is 3.43. The van der Waals surface area contributed by atoms with Crippen LogP contribution in [-0.2, 0) is 10.3 Å². The van der Waals surface area contributed by atoms with E-state index in [9.17, 15) is 0 Å². The second-order valence-electron chi connectivity index (χ2n) is 4.40. The second-order valence-corrected chi connectivity index (χ2v) is 5.69. The zero-order chi connectivity index (χ0) is 14.0. The van der Waals surface area contributed by atoms with E-state index >= 15 is 0 Å². The highest BCUT2D eigenvalue weighted by molar-refractivity contribution is 9.10. The van der Waals surface area contributed by atoms with Gasteiger partial charge >= 0.3 is 0 Å². The van der Waals surface area contributed by atoms with E-state index < -0.39 is 5.54 Å². The summed E-state index contributed by atoms with van der Waals surface area (Å²) in [6.45, 7) is 2.08. The Kier molecular flexibility index (Phi) is 4.25. The summed E-state index contributed by atoms with van der Waals surface area (Å²) in [6, 6.07) is 5.31. The number of nitrogens with two attached hydrogens (primary N) is 1. The largest absolute Gasteiger partial charge is 0.382 e. The number of aromatic nitrogens is 2. The van der Waals surface area contributed by atoms with Gasteiger partial charge in [0.15, 0.2) is 5.82 Å². The number of hydrogen-bond acceptors (Lipinski definition) is 5. The van der Waals surface area contributed by atoms with Gasteiger partial charge in [0.05, 0.1) is 12.2 Å². The van der Waals surface area contributed by atoms with E-state index in [0.717, 1.165) is 10.0 Å². The molecular formula is C12H13BrClN3O2. The number of benzene rings is 1. The molecule has 1 unspecified atom stereocenters. The Morgan fingerprint density at radius 3 is 2.89 bits per heavy atom. The lowest BCUT2D eigenvalue weighted by Gasteiger charge is -2.18. The van der Waals surface area contributed by atoms with Gasteiger partial charge in [-0.05, 0) is 41.1 Å². The standard InChI is InChI=1S/C12H13BrClN3O2/c1-12(15,6-18-2)11-16-10(19-17-11)8-4-3-7(14)5-9(8)13/h3-5H,6,15H2,1-2H3. The van der Waals surface area contributed by atoms with Crippen LogP contribution in [0.1, 0.15) is 12.7 Å². The molecule has 1 atom stereocenters. The van der Waals surface area contributed by atoms with Gasteiger partial charge in [-0.3, -0.25) is 0 Å². The summed E-state index contributed by atoms with van der Waals surface area (Å²) in [7, 11) is 1.57. The molecule has 102 valence electrons. The minimum absolute atomic E-state index is 0.299. The topological polar surface area (TPSA) is 74.2 Å². The molecule has 1 heterocycles. The Bertz CT molecular complexity index is 586. The van der Waals surface area contributed by atoms with Gasteiger partial charge in [-0.2, -0.15) is 4.98 Å². The van der Waals surface area contributed by atoms with E-state index in [2.05, 4.69) is 26.1 Å². The van der Waals surface area contributed by atoms with E-state index in [1.165, 1.54) is 0 Å². The number of halogens is 2. The van der Waals surface area contributed by atoms with Crippen LogP contribution in [0.3, 0.4) is 0 Å². The molecule has 19 heavy (non-hydrogen) atoms. The van der Waals surface area contributed by atoms with Crippen molar-refractivity contribution in [3.63, 3.8) is 0 Å². The first-order valence-electron chi connectivity index (χ1n) is 5.51. The van der Waals surface area contributed by atoms with Crippen molar-refractivity contribution in [1.29, 1.82) is 0 Å². The van der Waals surface area contributed by atoms with Crippen molar-refractivity contribution < 1.29 is 9.26 Å². The molecule has 0 amide bonds. The Morgan fingerprint density at radius 1 is 1.53 bits per heavy atom. The van der Waals surface area contributed by atoms with E-state index in [1.807, 2.05) is 0 Å². The van der Waals surface area contributed by atoms with Crippen LogP contribution in [0.2, 0.25) is 5.02 Å². The minimum Gasteiger partial charge on any atom is -0.382 e. The van der Waals surface area contributed by atoms with Crippen molar-refractivity contribution in [2.24, 2.45) is 5.73 Å². The second kappa shape index (κ2) is 5.58. The zero-order valence-electron chi connectivity index (χ0n) is 10.5. The molecule has 2 aromatic rings. The summed E-state index contributed by atoms with van der Waals surface area (Å²) < 4.78 is 11.1. The van der Waals surface area contributed by atoms with Crippen LogP contribution < -0.4 is 5.73 Å². The van der Waals surface area contributed by atoms with Crippen LogP contribution in [0.15, 0.2) is 27.2 Å². The Balaban J connectivity index is 2.35. The van der Waals surface area contributed by atoms with E-state index in [0.29, 0.717) is 23.3 Å². The predicted molar refractivity (Wildman–Crippen MR) is 75.9 cm³/mol. The molecule has 0 saturated heterocycles. The average Bonchev–Trinajstić information content (AvgIpc) is 2.78. The molecule has 5 nitrogen and oxygen atoms in total. The number of ether oxygens (including phenoxy) is 1. The average molecular weight is 347 g/mol. The number of hydrogen-bond donors (Lipinski definition) is 1. The molecule has 7 heteroatoms. The molecule has 0 saturated carbocycles. The molecule has 2 N–H and O–H groups in total. The molecule has 0 aliphatic rings. The van der Waals surface area contributed by atoms with E-state index in [1.54, 1.807) is 32.2 Å². The lowest BCUT2D eigenvalue weighted by atomic mass is 10.1. The molecular weight excluding hydrogens is 334 g/mol. The third kappa shape index (κ3) is 3.14. The maximum absolute atomic E-state index is 6.06. The monoisotopic (exact) mass is 345 g/mol. The van der Waals surface area contributed by atoms with E-state index in [-0.39, 0.29) is 0 Å². The SMILES string of the molecule is COCC(C)(N)c1noc(-c2ccc(Cl)cc2Br)n1. The molecule has 0 radical (unpaired) electrons. The van der Waals surface area contributed by atoms with Crippen molar-refractivity contribution in [2.75, 3.05) is 13.7 Å². The third-order valence-electron chi connectivity index (χ3n) is 2.54. The molecule has 2 rings (SSSR count). The van der Waals surface area contributed by atoms with Crippen LogP contribution in [0.4, 0.5) is 0 Å². The normalized spacial score (nSPS) is 14.4. The van der Waals surface area contributed by atoms with Crippen molar-refractivity contribution in [2.45, 2.75) is 12.5 Å². The Labute approximate surface area is 124 Å². The van der Waals surface area contributed by atoms with Gasteiger partial charge in [0.2, 0.25) is 0 Å². The van der Waals surface area contributed by atoms with Crippen LogP contribution in [-0.4, -0.2) is 23.9 Å². The zero-order valence-corrected chi connectivity index (χ0v) is 12.8. The molecule has 1 aromatic heterocycles. The number of nitrogens with zero attached hydrogens (tertiary/aromatic N) is 2. The summed E-state index contributed by atoms with van der Waals surface area (Å²) >= 11 is 9.30. The van der Waals surface area contributed by atoms with Crippen molar-refractivity contribution >= 4 is 27.5 Å². The quantitative estimate of drug-likeness (QED) is 0.921. The molecule has 0 spiro atoms. The van der Waals surface area contributed by atoms with Gasteiger partial charge in [0.25, 0.3) is 5.89 Å². The fourth-order valence-corrected chi connectivity index (χ4v) is 2.44. The molecule has 1 aromatic carbocycles. The highest BCUT2D eigenvalue weighted by Crippen LogP contribution is 2.30. The van der Waals surface area contributed by atoms with Crippen LogP contribution in [0, 0.1) is 0 Å². The smallest absolute Gasteiger partial charge is 0.259 e. The maximum Gasteiger partial charge on any atom is 0.259 e. The minimum atomic E-state index is -0.796. The fraction of sp³-hybridized carbons (Fsp3) is 0.333. The van der Waals surface area contributed by atoms with E-state index in [4.69, 9.17) is 26.6 Å². The van der Waals surface area contributed by atoms with Gasteiger partial charge in [-0.1, -0.05) is 16.8 Å². The van der Waals surface area contributed by atoms with Crippen molar-refractivity contribution in [3.8, 4) is 11.5 Å². The number of methoxy groups -OCH3 is 1. The van der Waals surface area contributed by atoms with Gasteiger partial charge < -0.3 is 15.0 Å². The molecule has 0 aliphatic heterocycles. The molecule has 0 fully saturated rings. The highest BCUT2D eigenvalue weighted by Gasteiger charge is 2.28. The van der Waals surface area contributed by atoms with Crippen LogP contribution in [0.25, 0.3) is 11.5 Å². The van der Waals surface area contributed by atoms with Crippen LogP contribution in [0.5, 0.6) is 0 Å². The van der Waals surface area contributed by atoms with Crippen molar-refractivity contribution in [1.82, 2.24) is 10.1 Å². The lowest BCUT2D eigenvalue weighted by Crippen LogP contribution is -2.38.